The van der Waals surface area contributed by atoms with E-state index in [1.54, 1.807) is 6.92 Å². The largest absolute Gasteiger partial charge is 0.449 e. The Kier molecular flexibility index (Phi) is 5.79. The van der Waals surface area contributed by atoms with Gasteiger partial charge in [0.2, 0.25) is 0 Å². The lowest BCUT2D eigenvalue weighted by Gasteiger charge is -2.44. The highest BCUT2D eigenvalue weighted by Crippen LogP contribution is 2.36. The van der Waals surface area contributed by atoms with Gasteiger partial charge in [-0.2, -0.15) is 12.7 Å². The van der Waals surface area contributed by atoms with Crippen molar-refractivity contribution in [2.45, 2.75) is 45.1 Å². The van der Waals surface area contributed by atoms with Gasteiger partial charge in [0.05, 0.1) is 6.61 Å². The summed E-state index contributed by atoms with van der Waals surface area (Å²) in [4.78, 5) is 11.3. The number of carbonyl (C=O) groups is 1. The molecule has 1 aliphatic carbocycles. The quantitative estimate of drug-likeness (QED) is 0.783. The summed E-state index contributed by atoms with van der Waals surface area (Å²) in [5, 5.41) is 0. The summed E-state index contributed by atoms with van der Waals surface area (Å²) in [7, 11) is -2.48. The van der Waals surface area contributed by atoms with Crippen LogP contribution in [0.2, 0.25) is 0 Å². The zero-order valence-electron chi connectivity index (χ0n) is 12.4. The molecule has 0 aromatic rings. The molecule has 3 N–H and O–H groups in total. The second-order valence-electron chi connectivity index (χ2n) is 5.43. The third-order valence-corrected chi connectivity index (χ3v) is 5.50. The van der Waals surface area contributed by atoms with Gasteiger partial charge in [-0.05, 0) is 25.7 Å². The number of nitrogens with zero attached hydrogens (tertiary/aromatic N) is 1. The third-order valence-electron chi connectivity index (χ3n) is 3.96. The molecule has 0 aliphatic heterocycles. The molecule has 118 valence electrons. The maximum absolute atomic E-state index is 12.2. The number of rotatable bonds is 5. The average Bonchev–Trinajstić information content (AvgIpc) is 2.37. The maximum atomic E-state index is 12.2. The van der Waals surface area contributed by atoms with Gasteiger partial charge in [0.1, 0.15) is 0 Å². The summed E-state index contributed by atoms with van der Waals surface area (Å²) in [6, 6.07) is 0. The van der Waals surface area contributed by atoms with E-state index in [4.69, 9.17) is 5.73 Å². The smallest absolute Gasteiger partial charge is 0.421 e. The molecule has 0 heterocycles. The Balaban J connectivity index is 2.89. The van der Waals surface area contributed by atoms with Crippen molar-refractivity contribution in [3.63, 3.8) is 0 Å². The lowest BCUT2D eigenvalue weighted by Crippen LogP contribution is -2.59. The lowest BCUT2D eigenvalue weighted by molar-refractivity contribution is 0.124. The van der Waals surface area contributed by atoms with E-state index >= 15 is 0 Å². The second kappa shape index (κ2) is 6.73. The topological polar surface area (TPSA) is 102 Å². The SMILES string of the molecule is CCOC(=O)NS(=O)(=O)N(C)C1(CN)CCCC(C)C1. The van der Waals surface area contributed by atoms with E-state index in [1.165, 1.54) is 11.4 Å². The van der Waals surface area contributed by atoms with Crippen molar-refractivity contribution in [2.75, 3.05) is 20.2 Å². The molecule has 1 aliphatic rings. The number of likely N-dealkylation sites (N-methyl/N-ethyl adjacent to an activating group) is 1. The fourth-order valence-corrected chi connectivity index (χ4v) is 3.98. The molecule has 0 saturated heterocycles. The number of nitrogens with one attached hydrogen (secondary N) is 1. The molecule has 1 rings (SSSR count). The fourth-order valence-electron chi connectivity index (χ4n) is 2.82. The number of nitrogens with two attached hydrogens (primary N) is 1. The summed E-state index contributed by atoms with van der Waals surface area (Å²) in [6.45, 7) is 4.05. The number of carbonyl (C=O) groups excluding carboxylic acids is 1. The van der Waals surface area contributed by atoms with Crippen molar-refractivity contribution < 1.29 is 17.9 Å². The zero-order chi connectivity index (χ0) is 15.4. The first-order chi connectivity index (χ1) is 9.27. The van der Waals surface area contributed by atoms with Gasteiger partial charge in [-0.1, -0.05) is 19.8 Å². The molecule has 7 nitrogen and oxygen atoms in total. The number of ether oxygens (including phenoxy) is 1. The summed E-state index contributed by atoms with van der Waals surface area (Å²) < 4.78 is 32.2. The Morgan fingerprint density at radius 3 is 2.70 bits per heavy atom. The van der Waals surface area contributed by atoms with Crippen LogP contribution in [0.4, 0.5) is 4.79 Å². The van der Waals surface area contributed by atoms with Gasteiger partial charge in [0.25, 0.3) is 0 Å². The second-order valence-corrected chi connectivity index (χ2v) is 7.13. The van der Waals surface area contributed by atoms with Crippen molar-refractivity contribution in [1.82, 2.24) is 9.03 Å². The molecule has 2 unspecified atom stereocenters. The van der Waals surface area contributed by atoms with Crippen LogP contribution in [0.1, 0.15) is 39.5 Å². The molecule has 8 heteroatoms. The predicted molar refractivity (Wildman–Crippen MR) is 76.3 cm³/mol. The Morgan fingerprint density at radius 1 is 1.55 bits per heavy atom. The first-order valence-corrected chi connectivity index (χ1v) is 8.35. The van der Waals surface area contributed by atoms with Crippen LogP contribution >= 0.6 is 0 Å². The minimum absolute atomic E-state index is 0.115. The third kappa shape index (κ3) is 3.83. The van der Waals surface area contributed by atoms with Crippen LogP contribution in [0.5, 0.6) is 0 Å². The van der Waals surface area contributed by atoms with Crippen LogP contribution in [0.25, 0.3) is 0 Å². The number of amides is 1. The lowest BCUT2D eigenvalue weighted by atomic mass is 9.76. The molecule has 0 aromatic heterocycles. The van der Waals surface area contributed by atoms with Gasteiger partial charge in [0.15, 0.2) is 0 Å². The van der Waals surface area contributed by atoms with E-state index in [-0.39, 0.29) is 13.2 Å². The Bertz CT molecular complexity index is 440. The van der Waals surface area contributed by atoms with E-state index in [2.05, 4.69) is 11.7 Å². The van der Waals surface area contributed by atoms with E-state index in [9.17, 15) is 13.2 Å². The van der Waals surface area contributed by atoms with Crippen molar-refractivity contribution in [1.29, 1.82) is 0 Å². The standard InChI is InChI=1S/C12H25N3O4S/c1-4-19-11(16)14-20(17,18)15(3)12(9-13)7-5-6-10(2)8-12/h10H,4-9,13H2,1-3H3,(H,14,16). The maximum Gasteiger partial charge on any atom is 0.421 e. The molecular formula is C12H25N3O4S. The van der Waals surface area contributed by atoms with Crippen molar-refractivity contribution in [3.8, 4) is 0 Å². The highest BCUT2D eigenvalue weighted by atomic mass is 32.2. The van der Waals surface area contributed by atoms with Gasteiger partial charge in [0, 0.05) is 19.1 Å². The molecule has 0 bridgehead atoms. The van der Waals surface area contributed by atoms with Crippen LogP contribution in [0.15, 0.2) is 0 Å². The normalized spacial score (nSPS) is 27.4. The minimum atomic E-state index is -3.95. The van der Waals surface area contributed by atoms with E-state index < -0.39 is 21.8 Å². The summed E-state index contributed by atoms with van der Waals surface area (Å²) in [6.07, 6.45) is 2.44. The first-order valence-electron chi connectivity index (χ1n) is 6.91. The van der Waals surface area contributed by atoms with Crippen LogP contribution in [0.3, 0.4) is 0 Å². The molecule has 1 amide bonds. The van der Waals surface area contributed by atoms with E-state index in [1.807, 2.05) is 4.72 Å². The fraction of sp³-hybridized carbons (Fsp3) is 0.917. The van der Waals surface area contributed by atoms with Gasteiger partial charge >= 0.3 is 16.3 Å². The van der Waals surface area contributed by atoms with Crippen molar-refractivity contribution >= 4 is 16.3 Å². The molecule has 2 atom stereocenters. The molecule has 1 saturated carbocycles. The Morgan fingerprint density at radius 2 is 2.20 bits per heavy atom. The highest BCUT2D eigenvalue weighted by Gasteiger charge is 2.43. The predicted octanol–water partition coefficient (Wildman–Crippen LogP) is 0.817. The molecular weight excluding hydrogens is 282 g/mol. The number of hydrogen-bond acceptors (Lipinski definition) is 5. The van der Waals surface area contributed by atoms with Gasteiger partial charge in [-0.3, -0.25) is 0 Å². The molecule has 0 radical (unpaired) electrons. The summed E-state index contributed by atoms with van der Waals surface area (Å²) in [5.74, 6) is 0.410. The van der Waals surface area contributed by atoms with E-state index in [0.717, 1.165) is 12.8 Å². The van der Waals surface area contributed by atoms with Crippen LogP contribution in [0, 0.1) is 5.92 Å². The van der Waals surface area contributed by atoms with Gasteiger partial charge in [-0.25, -0.2) is 9.52 Å². The van der Waals surface area contributed by atoms with Crippen LogP contribution in [-0.2, 0) is 14.9 Å². The minimum Gasteiger partial charge on any atom is -0.449 e. The monoisotopic (exact) mass is 307 g/mol. The van der Waals surface area contributed by atoms with Crippen molar-refractivity contribution in [3.05, 3.63) is 0 Å². The zero-order valence-corrected chi connectivity index (χ0v) is 13.2. The highest BCUT2D eigenvalue weighted by molar-refractivity contribution is 7.87. The molecule has 0 aromatic carbocycles. The van der Waals surface area contributed by atoms with Crippen LogP contribution < -0.4 is 10.5 Å². The van der Waals surface area contributed by atoms with Crippen LogP contribution in [-0.4, -0.2) is 44.6 Å². The number of hydrogen-bond donors (Lipinski definition) is 2. The Labute approximate surface area is 121 Å². The van der Waals surface area contributed by atoms with Gasteiger partial charge in [-0.15, -0.1) is 0 Å². The van der Waals surface area contributed by atoms with Gasteiger partial charge < -0.3 is 10.5 Å². The molecule has 20 heavy (non-hydrogen) atoms. The molecule has 0 spiro atoms. The molecule has 1 fully saturated rings. The van der Waals surface area contributed by atoms with E-state index in [0.29, 0.717) is 18.8 Å². The summed E-state index contributed by atoms with van der Waals surface area (Å²) in [5.41, 5.74) is 5.21. The van der Waals surface area contributed by atoms with Crippen molar-refractivity contribution in [2.24, 2.45) is 11.7 Å². The average molecular weight is 307 g/mol. The summed E-state index contributed by atoms with van der Waals surface area (Å²) >= 11 is 0. The first kappa shape index (κ1) is 17.2. The Hall–Kier alpha value is -0.860.